The first-order valence-corrected chi connectivity index (χ1v) is 10.5. The Bertz CT molecular complexity index is 1110. The lowest BCUT2D eigenvalue weighted by Gasteiger charge is -2.40. The van der Waals surface area contributed by atoms with Crippen LogP contribution in [0.3, 0.4) is 0 Å². The summed E-state index contributed by atoms with van der Waals surface area (Å²) in [6, 6.07) is 1.85. The number of hydrogen-bond donors (Lipinski definition) is 1. The molecular weight excluding hydrogens is 462 g/mol. The largest absolute Gasteiger partial charge is 0.369 e. The number of nitrogens with two attached hydrogens (primary N) is 1. The Kier molecular flexibility index (Phi) is 4.17. The van der Waals surface area contributed by atoms with E-state index in [0.717, 1.165) is 4.68 Å². The highest BCUT2D eigenvalue weighted by atomic mass is 35.5. The van der Waals surface area contributed by atoms with Crippen LogP contribution in [0, 0.1) is 11.3 Å². The molecule has 0 bridgehead atoms. The summed E-state index contributed by atoms with van der Waals surface area (Å²) in [6.45, 7) is 3.56. The van der Waals surface area contributed by atoms with E-state index in [2.05, 4.69) is 11.7 Å². The van der Waals surface area contributed by atoms with Crippen molar-refractivity contribution < 1.29 is 24.2 Å². The molecule has 13 heteroatoms. The molecule has 0 aliphatic heterocycles. The van der Waals surface area contributed by atoms with Gasteiger partial charge in [-0.3, -0.25) is 4.79 Å². The first kappa shape index (κ1) is 21.4. The van der Waals surface area contributed by atoms with Gasteiger partial charge in [0.2, 0.25) is 5.91 Å². The summed E-state index contributed by atoms with van der Waals surface area (Å²) in [4.78, 5) is 9.64. The van der Waals surface area contributed by atoms with E-state index in [9.17, 15) is 29.5 Å². The highest BCUT2D eigenvalue weighted by Gasteiger charge is 2.65. The molecule has 2 aromatic rings. The van der Waals surface area contributed by atoms with Crippen molar-refractivity contribution >= 4 is 45.4 Å². The molecule has 0 spiro atoms. The number of amides is 1. The molecule has 2 N–H and O–H groups in total. The highest BCUT2D eigenvalue weighted by Crippen LogP contribution is 3.02. The molecule has 0 unspecified atom stereocenters. The van der Waals surface area contributed by atoms with Gasteiger partial charge in [-0.15, -0.1) is 0 Å². The molecule has 1 saturated carbocycles. The molecule has 3 rings (SSSR count). The summed E-state index contributed by atoms with van der Waals surface area (Å²) >= 11 is 11.7. The quantitative estimate of drug-likeness (QED) is 0.552. The summed E-state index contributed by atoms with van der Waals surface area (Å²) in [6.07, 6.45) is 1.85. The molecule has 1 aliphatic rings. The fourth-order valence-corrected chi connectivity index (χ4v) is 4.51. The van der Waals surface area contributed by atoms with Gasteiger partial charge in [0.1, 0.15) is 16.7 Å². The zero-order valence-corrected chi connectivity index (χ0v) is 16.6. The van der Waals surface area contributed by atoms with Crippen LogP contribution in [-0.2, 0) is 10.2 Å². The van der Waals surface area contributed by atoms with Gasteiger partial charge in [0, 0.05) is 5.56 Å². The summed E-state index contributed by atoms with van der Waals surface area (Å²) in [5.41, 5.74) is 3.82. The summed E-state index contributed by atoms with van der Waals surface area (Å²) < 4.78 is 66.5. The smallest absolute Gasteiger partial charge is 0.310 e. The second-order valence-electron chi connectivity index (χ2n) is 6.49. The van der Waals surface area contributed by atoms with Crippen LogP contribution in [0.4, 0.5) is 19.4 Å². The topological polar surface area (TPSA) is 84.7 Å². The third-order valence-electron chi connectivity index (χ3n) is 4.57. The van der Waals surface area contributed by atoms with Crippen LogP contribution < -0.4 is 5.73 Å². The van der Waals surface area contributed by atoms with Crippen LogP contribution in [0.2, 0.25) is 10.0 Å². The number of nitriles is 1. The molecular formula is C16H11Cl2F5N4OS. The zero-order valence-electron chi connectivity index (χ0n) is 14.2. The lowest BCUT2D eigenvalue weighted by molar-refractivity contribution is -0.120. The second-order valence-corrected chi connectivity index (χ2v) is 9.71. The number of aromatic nitrogens is 2. The van der Waals surface area contributed by atoms with Crippen molar-refractivity contribution in [1.82, 2.24) is 9.78 Å². The van der Waals surface area contributed by atoms with Crippen molar-refractivity contribution in [2.45, 2.75) is 23.2 Å². The molecule has 1 fully saturated rings. The maximum absolute atomic E-state index is 13.1. The lowest BCUT2D eigenvalue weighted by atomic mass is 9.92. The van der Waals surface area contributed by atoms with Crippen molar-refractivity contribution in [3.63, 3.8) is 0 Å². The number of carbonyl (C=O) groups excluding carboxylic acids is 1. The first-order chi connectivity index (χ1) is 13.1. The number of hydrogen-bond acceptors (Lipinski definition) is 3. The molecule has 156 valence electrons. The van der Waals surface area contributed by atoms with Gasteiger partial charge in [-0.05, 0) is 31.1 Å². The summed E-state index contributed by atoms with van der Waals surface area (Å²) in [7, 11) is -10.0. The van der Waals surface area contributed by atoms with E-state index in [1.807, 2.05) is 0 Å². The van der Waals surface area contributed by atoms with Gasteiger partial charge in [0.15, 0.2) is 5.69 Å². The predicted octanol–water partition coefficient (Wildman–Crippen LogP) is 5.87. The maximum atomic E-state index is 13.1. The molecule has 0 saturated heterocycles. The average molecular weight is 473 g/mol. The van der Waals surface area contributed by atoms with Crippen LogP contribution in [0.5, 0.6) is 0 Å². The molecule has 29 heavy (non-hydrogen) atoms. The summed E-state index contributed by atoms with van der Waals surface area (Å²) in [5, 5.41) is 11.8. The van der Waals surface area contributed by atoms with E-state index in [0.29, 0.717) is 12.8 Å². The minimum Gasteiger partial charge on any atom is -0.369 e. The number of halogens is 7. The minimum absolute atomic E-state index is 0.0333. The van der Waals surface area contributed by atoms with Crippen molar-refractivity contribution in [1.29, 1.82) is 5.26 Å². The minimum atomic E-state index is -10.0. The molecule has 1 aliphatic carbocycles. The number of nitrogens with zero attached hydrogens (tertiary/aromatic N) is 3. The number of benzene rings is 1. The van der Waals surface area contributed by atoms with Crippen LogP contribution in [0.25, 0.3) is 11.8 Å². The molecule has 1 heterocycles. The Morgan fingerprint density at radius 2 is 1.79 bits per heavy atom. The fourth-order valence-electron chi connectivity index (χ4n) is 3.05. The number of primary amides is 1. The van der Waals surface area contributed by atoms with Gasteiger partial charge in [-0.2, -0.15) is 10.4 Å². The van der Waals surface area contributed by atoms with E-state index in [1.165, 1.54) is 6.08 Å². The van der Waals surface area contributed by atoms with E-state index in [-0.39, 0.29) is 34.8 Å². The van der Waals surface area contributed by atoms with Gasteiger partial charge in [0.05, 0.1) is 21.2 Å². The normalized spacial score (nSPS) is 17.7. The molecule has 5 nitrogen and oxygen atoms in total. The van der Waals surface area contributed by atoms with E-state index < -0.39 is 36.5 Å². The van der Waals surface area contributed by atoms with Gasteiger partial charge in [0.25, 0.3) is 0 Å². The van der Waals surface area contributed by atoms with Crippen molar-refractivity contribution in [2.75, 3.05) is 0 Å². The van der Waals surface area contributed by atoms with E-state index in [1.54, 1.807) is 6.07 Å². The SMILES string of the molecule is C=Cc1c(C2(C(N)=O)CC2)c(C#N)nn1-c1c(Cl)cc(S(F)(F)(F)(F)F)cc1Cl. The maximum Gasteiger partial charge on any atom is 0.310 e. The molecule has 1 aromatic heterocycles. The van der Waals surface area contributed by atoms with E-state index >= 15 is 0 Å². The van der Waals surface area contributed by atoms with Gasteiger partial charge in [-0.25, -0.2) is 4.68 Å². The Hall–Kier alpha value is -2.29. The Balaban J connectivity index is 2.32. The van der Waals surface area contributed by atoms with Crippen molar-refractivity contribution in [2.24, 2.45) is 5.73 Å². The standard InChI is InChI=1S/C16H11Cl2F5N4OS/c1-2-12-13(16(3-4-16)15(25)28)11(7-24)26-27(12)14-9(17)5-8(6-10(14)18)29(19,20,21,22)23/h2,5-6H,1,3-4H2,(H2,25,28). The average Bonchev–Trinajstić information content (AvgIpc) is 3.28. The van der Waals surface area contributed by atoms with Crippen LogP contribution in [0.1, 0.15) is 29.8 Å². The Morgan fingerprint density at radius 3 is 2.14 bits per heavy atom. The highest BCUT2D eigenvalue weighted by molar-refractivity contribution is 8.45. The molecule has 1 amide bonds. The third-order valence-corrected chi connectivity index (χ3v) is 6.27. The van der Waals surface area contributed by atoms with Crippen LogP contribution in [-0.4, -0.2) is 15.7 Å². The number of rotatable bonds is 5. The zero-order chi connectivity index (χ0) is 22.1. The third kappa shape index (κ3) is 3.45. The van der Waals surface area contributed by atoms with Crippen molar-refractivity contribution in [3.05, 3.63) is 45.7 Å². The number of carbonyl (C=O) groups is 1. The molecule has 1 aromatic carbocycles. The van der Waals surface area contributed by atoms with E-state index in [4.69, 9.17) is 28.9 Å². The summed E-state index contributed by atoms with van der Waals surface area (Å²) in [5.74, 6) is -0.717. The van der Waals surface area contributed by atoms with Gasteiger partial charge in [-0.1, -0.05) is 49.2 Å². The monoisotopic (exact) mass is 472 g/mol. The fraction of sp³-hybridized carbons (Fsp3) is 0.188. The van der Waals surface area contributed by atoms with Crippen LogP contribution in [0.15, 0.2) is 23.6 Å². The molecule has 0 atom stereocenters. The lowest BCUT2D eigenvalue weighted by Crippen LogP contribution is -2.29. The first-order valence-electron chi connectivity index (χ1n) is 7.75. The van der Waals surface area contributed by atoms with Gasteiger partial charge < -0.3 is 5.73 Å². The van der Waals surface area contributed by atoms with Crippen LogP contribution >= 0.6 is 33.4 Å². The Morgan fingerprint density at radius 1 is 1.28 bits per heavy atom. The van der Waals surface area contributed by atoms with Gasteiger partial charge >= 0.3 is 10.2 Å². The van der Waals surface area contributed by atoms with Crippen molar-refractivity contribution in [3.8, 4) is 11.8 Å². The second kappa shape index (κ2) is 5.65. The molecule has 0 radical (unpaired) electrons. The predicted molar refractivity (Wildman–Crippen MR) is 99.9 cm³/mol. The Labute approximate surface area is 171 Å².